The molecule has 5 heteroatoms. The predicted octanol–water partition coefficient (Wildman–Crippen LogP) is 1.78. The first-order valence-electron chi connectivity index (χ1n) is 5.06. The van der Waals surface area contributed by atoms with Crippen LogP contribution < -0.4 is 10.4 Å². The second-order valence-electron chi connectivity index (χ2n) is 3.86. The van der Waals surface area contributed by atoms with E-state index in [2.05, 4.69) is 0 Å². The number of carbonyl (C=O) groups is 1. The van der Waals surface area contributed by atoms with Crippen molar-refractivity contribution in [3.8, 4) is 0 Å². The van der Waals surface area contributed by atoms with Gasteiger partial charge in [0.05, 0.1) is 0 Å². The molecule has 0 N–H and O–H groups in total. The zero-order chi connectivity index (χ0) is 11.8. The van der Waals surface area contributed by atoms with Crippen molar-refractivity contribution >= 4 is 48.1 Å². The van der Waals surface area contributed by atoms with Gasteiger partial charge in [-0.2, -0.15) is 0 Å². The Labute approximate surface area is 106 Å². The van der Waals surface area contributed by atoms with Gasteiger partial charge in [-0.3, -0.25) is 4.79 Å². The van der Waals surface area contributed by atoms with E-state index in [1.165, 1.54) is 0 Å². The Morgan fingerprint density at radius 1 is 1.25 bits per heavy atom. The lowest BCUT2D eigenvalue weighted by Crippen LogP contribution is -2.47. The Morgan fingerprint density at radius 2 is 1.88 bits per heavy atom. The van der Waals surface area contributed by atoms with Crippen molar-refractivity contribution in [2.24, 2.45) is 0 Å². The van der Waals surface area contributed by atoms with E-state index in [4.69, 9.17) is 31.0 Å². The number of piperidine rings is 1. The fourth-order valence-electron chi connectivity index (χ4n) is 1.77. The van der Waals surface area contributed by atoms with E-state index in [1.54, 1.807) is 29.2 Å². The predicted molar refractivity (Wildman–Crippen MR) is 67.9 cm³/mol. The highest BCUT2D eigenvalue weighted by atomic mass is 35.5. The zero-order valence-corrected chi connectivity index (χ0v) is 10.1. The molecule has 2 nitrogen and oxygen atoms in total. The van der Waals surface area contributed by atoms with E-state index in [0.29, 0.717) is 18.4 Å². The van der Waals surface area contributed by atoms with E-state index < -0.39 is 4.33 Å². The Hall–Kier alpha value is -0.665. The van der Waals surface area contributed by atoms with E-state index in [9.17, 15) is 4.79 Å². The maximum absolute atomic E-state index is 12.0. The van der Waals surface area contributed by atoms with Gasteiger partial charge in [-0.1, -0.05) is 40.8 Å². The molecular formula is C11H10BCl2NO. The van der Waals surface area contributed by atoms with Crippen LogP contribution in [0.1, 0.15) is 12.8 Å². The van der Waals surface area contributed by atoms with Gasteiger partial charge < -0.3 is 4.90 Å². The lowest BCUT2D eigenvalue weighted by atomic mass is 9.96. The third-order valence-electron chi connectivity index (χ3n) is 2.64. The standard InChI is InChI=1S/C11H10BCl2NO/c12-8-2-4-9(5-3-8)15-7-1-6-11(13,14)10(15)16/h2-5H,1,6-7H2. The fraction of sp³-hybridized carbons (Fsp3) is 0.364. The molecule has 2 rings (SSSR count). The van der Waals surface area contributed by atoms with Crippen molar-refractivity contribution in [1.29, 1.82) is 0 Å². The average Bonchev–Trinajstić information content (AvgIpc) is 2.24. The summed E-state index contributed by atoms with van der Waals surface area (Å²) in [7, 11) is 5.59. The summed E-state index contributed by atoms with van der Waals surface area (Å²) in [5.74, 6) is -0.258. The third kappa shape index (κ3) is 2.20. The molecule has 0 aliphatic carbocycles. The van der Waals surface area contributed by atoms with Gasteiger partial charge in [-0.25, -0.2) is 0 Å². The minimum Gasteiger partial charge on any atom is -0.310 e. The van der Waals surface area contributed by atoms with E-state index in [1.807, 2.05) is 0 Å². The number of anilines is 1. The highest BCUT2D eigenvalue weighted by Gasteiger charge is 2.40. The van der Waals surface area contributed by atoms with E-state index in [0.717, 1.165) is 12.1 Å². The van der Waals surface area contributed by atoms with Gasteiger partial charge >= 0.3 is 0 Å². The summed E-state index contributed by atoms with van der Waals surface area (Å²) >= 11 is 11.9. The summed E-state index contributed by atoms with van der Waals surface area (Å²) in [5.41, 5.74) is 1.45. The molecule has 1 aliphatic heterocycles. The number of amides is 1. The topological polar surface area (TPSA) is 20.3 Å². The van der Waals surface area contributed by atoms with Gasteiger partial charge in [0.15, 0.2) is 4.33 Å². The molecule has 1 aromatic carbocycles. The second kappa shape index (κ2) is 4.30. The van der Waals surface area contributed by atoms with Gasteiger partial charge in [-0.05, 0) is 25.0 Å². The summed E-state index contributed by atoms with van der Waals surface area (Å²) in [6.45, 7) is 0.643. The van der Waals surface area contributed by atoms with Crippen molar-refractivity contribution in [2.75, 3.05) is 11.4 Å². The molecule has 0 spiro atoms. The molecular weight excluding hydrogens is 244 g/mol. The normalized spacial score (nSPS) is 19.9. The molecule has 1 saturated heterocycles. The van der Waals surface area contributed by atoms with Crippen LogP contribution in [0.2, 0.25) is 0 Å². The molecule has 1 aliphatic rings. The monoisotopic (exact) mass is 253 g/mol. The minimum atomic E-state index is -1.29. The van der Waals surface area contributed by atoms with Crippen molar-refractivity contribution in [3.05, 3.63) is 24.3 Å². The van der Waals surface area contributed by atoms with Crippen molar-refractivity contribution in [1.82, 2.24) is 0 Å². The van der Waals surface area contributed by atoms with Crippen LogP contribution in [0.5, 0.6) is 0 Å². The summed E-state index contributed by atoms with van der Waals surface area (Å²) in [6.07, 6.45) is 1.30. The quantitative estimate of drug-likeness (QED) is 0.552. The van der Waals surface area contributed by atoms with Gasteiger partial charge in [0.2, 0.25) is 0 Å². The molecule has 1 heterocycles. The number of rotatable bonds is 1. The molecule has 0 bridgehead atoms. The Bertz CT molecular complexity index is 405. The molecule has 82 valence electrons. The minimum absolute atomic E-state index is 0.258. The fourth-order valence-corrected chi connectivity index (χ4v) is 2.24. The van der Waals surface area contributed by atoms with Crippen LogP contribution in [0.4, 0.5) is 5.69 Å². The third-order valence-corrected chi connectivity index (χ3v) is 3.34. The molecule has 0 atom stereocenters. The van der Waals surface area contributed by atoms with Crippen LogP contribution in [-0.4, -0.2) is 24.6 Å². The lowest BCUT2D eigenvalue weighted by Gasteiger charge is -2.34. The van der Waals surface area contributed by atoms with Crippen molar-refractivity contribution in [3.63, 3.8) is 0 Å². The summed E-state index contributed by atoms with van der Waals surface area (Å²) in [6, 6.07) is 7.09. The summed E-state index contributed by atoms with van der Waals surface area (Å²) < 4.78 is -1.29. The molecule has 1 aromatic rings. The number of nitrogens with zero attached hydrogens (tertiary/aromatic N) is 1. The first-order valence-corrected chi connectivity index (χ1v) is 5.82. The number of alkyl halides is 2. The molecule has 0 aromatic heterocycles. The Kier molecular flexibility index (Phi) is 3.18. The Balaban J connectivity index is 2.27. The molecule has 0 saturated carbocycles. The number of hydrogen-bond donors (Lipinski definition) is 0. The second-order valence-corrected chi connectivity index (χ2v) is 5.34. The smallest absolute Gasteiger partial charge is 0.263 e. The van der Waals surface area contributed by atoms with Crippen LogP contribution in [0.15, 0.2) is 24.3 Å². The highest BCUT2D eigenvalue weighted by molar-refractivity contribution is 6.59. The molecule has 2 radical (unpaired) electrons. The number of benzene rings is 1. The van der Waals surface area contributed by atoms with Gasteiger partial charge in [0.25, 0.3) is 5.91 Å². The SMILES string of the molecule is [B]c1ccc(N2CCCC(Cl)(Cl)C2=O)cc1. The average molecular weight is 254 g/mol. The van der Waals surface area contributed by atoms with Gasteiger partial charge in [-0.15, -0.1) is 0 Å². The molecule has 16 heavy (non-hydrogen) atoms. The van der Waals surface area contributed by atoms with Gasteiger partial charge in [0, 0.05) is 12.2 Å². The summed E-state index contributed by atoms with van der Waals surface area (Å²) in [5, 5.41) is 0. The van der Waals surface area contributed by atoms with Crippen molar-refractivity contribution in [2.45, 2.75) is 17.2 Å². The van der Waals surface area contributed by atoms with Gasteiger partial charge in [0.1, 0.15) is 7.85 Å². The number of hydrogen-bond acceptors (Lipinski definition) is 1. The number of carbonyl (C=O) groups excluding carboxylic acids is 1. The van der Waals surface area contributed by atoms with Crippen LogP contribution >= 0.6 is 23.2 Å². The maximum atomic E-state index is 12.0. The van der Waals surface area contributed by atoms with Crippen LogP contribution in [0, 0.1) is 0 Å². The zero-order valence-electron chi connectivity index (χ0n) is 8.62. The van der Waals surface area contributed by atoms with Crippen LogP contribution in [-0.2, 0) is 4.79 Å². The lowest BCUT2D eigenvalue weighted by molar-refractivity contribution is -0.120. The first-order chi connectivity index (χ1) is 7.50. The Morgan fingerprint density at radius 3 is 2.50 bits per heavy atom. The van der Waals surface area contributed by atoms with E-state index in [-0.39, 0.29) is 5.91 Å². The maximum Gasteiger partial charge on any atom is 0.263 e. The molecule has 1 fully saturated rings. The van der Waals surface area contributed by atoms with Crippen LogP contribution in [0.3, 0.4) is 0 Å². The van der Waals surface area contributed by atoms with E-state index >= 15 is 0 Å². The van der Waals surface area contributed by atoms with Crippen molar-refractivity contribution < 1.29 is 4.79 Å². The number of halogens is 2. The first kappa shape index (κ1) is 11.8. The highest BCUT2D eigenvalue weighted by Crippen LogP contribution is 2.35. The molecule has 1 amide bonds. The largest absolute Gasteiger partial charge is 0.310 e. The summed E-state index contributed by atoms with van der Waals surface area (Å²) in [4.78, 5) is 13.6. The molecule has 0 unspecified atom stereocenters. The van der Waals surface area contributed by atoms with Crippen LogP contribution in [0.25, 0.3) is 0 Å².